The van der Waals surface area contributed by atoms with E-state index in [1.165, 1.54) is 5.56 Å². The Morgan fingerprint density at radius 1 is 1.04 bits per heavy atom. The number of rotatable bonds is 9. The van der Waals surface area contributed by atoms with Crippen LogP contribution in [0.5, 0.6) is 5.75 Å². The molecule has 0 amide bonds. The fraction of sp³-hybridized carbons (Fsp3) is 0.261. The van der Waals surface area contributed by atoms with Crippen LogP contribution in [0, 0.1) is 0 Å². The number of hydrogen-bond acceptors (Lipinski definition) is 3. The number of ether oxygens (including phenoxy) is 1. The number of aliphatic carboxylic acids is 1. The highest BCUT2D eigenvalue weighted by Gasteiger charge is 2.12. The molecule has 3 rings (SSSR count). The summed E-state index contributed by atoms with van der Waals surface area (Å²) in [5, 5.41) is 14.8. The molecule has 0 aliphatic heterocycles. The Bertz CT molecular complexity index is 893. The monoisotopic (exact) mass is 363 g/mol. The van der Waals surface area contributed by atoms with Gasteiger partial charge in [-0.1, -0.05) is 54.6 Å². The summed E-state index contributed by atoms with van der Waals surface area (Å²) in [4.78, 5) is 11.0. The summed E-state index contributed by atoms with van der Waals surface area (Å²) in [5.74, 6) is 0.0947. The standard InChI is InChI=1S/C23H25NO3/c1-27-22-15-18(13-19-9-5-6-10-21(19)22)16-24-20(11-12-23(25)26)14-17-7-3-2-4-8-17/h2-10,13,15,20,24H,11-12,14,16H2,1H3,(H,25,26). The molecule has 3 aromatic rings. The number of fused-ring (bicyclic) bond motifs is 1. The van der Waals surface area contributed by atoms with Gasteiger partial charge in [0.15, 0.2) is 0 Å². The first kappa shape index (κ1) is 18.9. The lowest BCUT2D eigenvalue weighted by atomic mass is 10.0. The molecule has 0 fully saturated rings. The van der Waals surface area contributed by atoms with Crippen LogP contribution in [-0.4, -0.2) is 24.2 Å². The Morgan fingerprint density at radius 2 is 1.78 bits per heavy atom. The van der Waals surface area contributed by atoms with Crippen molar-refractivity contribution in [3.8, 4) is 5.75 Å². The van der Waals surface area contributed by atoms with Crippen LogP contribution in [0.2, 0.25) is 0 Å². The van der Waals surface area contributed by atoms with E-state index in [0.29, 0.717) is 13.0 Å². The maximum Gasteiger partial charge on any atom is 0.303 e. The number of carboxylic acid groups (broad SMARTS) is 1. The first-order valence-corrected chi connectivity index (χ1v) is 9.20. The van der Waals surface area contributed by atoms with Gasteiger partial charge in [0.25, 0.3) is 0 Å². The van der Waals surface area contributed by atoms with Crippen LogP contribution in [0.1, 0.15) is 24.0 Å². The van der Waals surface area contributed by atoms with Crippen molar-refractivity contribution in [1.82, 2.24) is 5.32 Å². The molecule has 27 heavy (non-hydrogen) atoms. The molecule has 4 heteroatoms. The molecule has 140 valence electrons. The SMILES string of the molecule is COc1cc(CNC(CCC(=O)O)Cc2ccccc2)cc2ccccc12. The molecule has 1 unspecified atom stereocenters. The number of benzene rings is 3. The minimum atomic E-state index is -0.762. The molecule has 0 heterocycles. The highest BCUT2D eigenvalue weighted by Crippen LogP contribution is 2.27. The molecule has 0 saturated carbocycles. The first-order chi connectivity index (χ1) is 13.2. The summed E-state index contributed by atoms with van der Waals surface area (Å²) < 4.78 is 5.54. The fourth-order valence-electron chi connectivity index (χ4n) is 3.34. The second kappa shape index (κ2) is 9.19. The van der Waals surface area contributed by atoms with Gasteiger partial charge in [0.1, 0.15) is 5.75 Å². The van der Waals surface area contributed by atoms with Gasteiger partial charge in [0, 0.05) is 24.4 Å². The number of methoxy groups -OCH3 is 1. The summed E-state index contributed by atoms with van der Waals surface area (Å²) in [6, 6.07) is 22.6. The van der Waals surface area contributed by atoms with Crippen molar-refractivity contribution >= 4 is 16.7 Å². The van der Waals surface area contributed by atoms with Crippen LogP contribution >= 0.6 is 0 Å². The third-order valence-corrected chi connectivity index (χ3v) is 4.73. The van der Waals surface area contributed by atoms with Crippen molar-refractivity contribution in [2.24, 2.45) is 0 Å². The molecule has 0 bridgehead atoms. The van der Waals surface area contributed by atoms with E-state index in [-0.39, 0.29) is 12.5 Å². The Hall–Kier alpha value is -2.85. The maximum atomic E-state index is 11.0. The van der Waals surface area contributed by atoms with E-state index in [2.05, 4.69) is 35.6 Å². The number of hydrogen-bond donors (Lipinski definition) is 2. The molecule has 0 saturated heterocycles. The number of carbonyl (C=O) groups is 1. The Morgan fingerprint density at radius 3 is 2.52 bits per heavy atom. The minimum Gasteiger partial charge on any atom is -0.496 e. The molecule has 3 aromatic carbocycles. The third-order valence-electron chi connectivity index (χ3n) is 4.73. The minimum absolute atomic E-state index is 0.0981. The van der Waals surface area contributed by atoms with E-state index in [1.54, 1.807) is 7.11 Å². The lowest BCUT2D eigenvalue weighted by Gasteiger charge is -2.19. The lowest BCUT2D eigenvalue weighted by Crippen LogP contribution is -2.31. The van der Waals surface area contributed by atoms with Crippen LogP contribution in [0.15, 0.2) is 66.7 Å². The predicted octanol–water partition coefficient (Wildman–Crippen LogP) is 4.41. The molecule has 0 radical (unpaired) electrons. The van der Waals surface area contributed by atoms with Crippen molar-refractivity contribution in [3.63, 3.8) is 0 Å². The zero-order chi connectivity index (χ0) is 19.1. The van der Waals surface area contributed by atoms with Crippen LogP contribution in [0.4, 0.5) is 0 Å². The van der Waals surface area contributed by atoms with E-state index >= 15 is 0 Å². The molecule has 0 aromatic heterocycles. The zero-order valence-electron chi connectivity index (χ0n) is 15.5. The quantitative estimate of drug-likeness (QED) is 0.591. The second-order valence-corrected chi connectivity index (χ2v) is 6.72. The molecule has 0 spiro atoms. The van der Waals surface area contributed by atoms with Gasteiger partial charge in [0.05, 0.1) is 7.11 Å². The van der Waals surface area contributed by atoms with Crippen molar-refractivity contribution in [2.45, 2.75) is 31.8 Å². The van der Waals surface area contributed by atoms with Crippen molar-refractivity contribution < 1.29 is 14.6 Å². The molecule has 0 aliphatic rings. The first-order valence-electron chi connectivity index (χ1n) is 9.20. The van der Waals surface area contributed by atoms with E-state index in [9.17, 15) is 4.79 Å². The Kier molecular flexibility index (Phi) is 6.44. The van der Waals surface area contributed by atoms with Gasteiger partial charge in [-0.2, -0.15) is 0 Å². The largest absolute Gasteiger partial charge is 0.496 e. The lowest BCUT2D eigenvalue weighted by molar-refractivity contribution is -0.137. The van der Waals surface area contributed by atoms with Gasteiger partial charge in [-0.05, 0) is 41.5 Å². The molecular weight excluding hydrogens is 338 g/mol. The highest BCUT2D eigenvalue weighted by molar-refractivity contribution is 5.89. The molecule has 0 aliphatic carbocycles. The van der Waals surface area contributed by atoms with E-state index in [4.69, 9.17) is 9.84 Å². The maximum absolute atomic E-state index is 11.0. The molecule has 1 atom stereocenters. The van der Waals surface area contributed by atoms with Crippen molar-refractivity contribution in [1.29, 1.82) is 0 Å². The van der Waals surface area contributed by atoms with Gasteiger partial charge in [-0.3, -0.25) is 4.79 Å². The summed E-state index contributed by atoms with van der Waals surface area (Å²) in [5.41, 5.74) is 2.33. The number of nitrogens with one attached hydrogen (secondary N) is 1. The van der Waals surface area contributed by atoms with Gasteiger partial charge in [0.2, 0.25) is 0 Å². The zero-order valence-corrected chi connectivity index (χ0v) is 15.5. The molecular formula is C23H25NO3. The second-order valence-electron chi connectivity index (χ2n) is 6.72. The van der Waals surface area contributed by atoms with Gasteiger partial charge in [-0.25, -0.2) is 0 Å². The topological polar surface area (TPSA) is 58.6 Å². The van der Waals surface area contributed by atoms with Crippen LogP contribution in [0.3, 0.4) is 0 Å². The smallest absolute Gasteiger partial charge is 0.303 e. The van der Waals surface area contributed by atoms with Crippen molar-refractivity contribution in [3.05, 3.63) is 77.9 Å². The predicted molar refractivity (Wildman–Crippen MR) is 108 cm³/mol. The van der Waals surface area contributed by atoms with Gasteiger partial charge in [-0.15, -0.1) is 0 Å². The van der Waals surface area contributed by atoms with E-state index in [0.717, 1.165) is 28.5 Å². The third kappa shape index (κ3) is 5.31. The van der Waals surface area contributed by atoms with Gasteiger partial charge >= 0.3 is 5.97 Å². The molecule has 4 nitrogen and oxygen atoms in total. The van der Waals surface area contributed by atoms with Crippen LogP contribution < -0.4 is 10.1 Å². The van der Waals surface area contributed by atoms with E-state index in [1.807, 2.05) is 36.4 Å². The summed E-state index contributed by atoms with van der Waals surface area (Å²) in [6.07, 6.45) is 1.55. The highest BCUT2D eigenvalue weighted by atomic mass is 16.5. The summed E-state index contributed by atoms with van der Waals surface area (Å²) in [7, 11) is 1.68. The normalized spacial score (nSPS) is 12.0. The molecule has 2 N–H and O–H groups in total. The summed E-state index contributed by atoms with van der Waals surface area (Å²) in [6.45, 7) is 0.665. The summed E-state index contributed by atoms with van der Waals surface area (Å²) >= 11 is 0. The Balaban J connectivity index is 1.73. The fourth-order valence-corrected chi connectivity index (χ4v) is 3.34. The number of carboxylic acids is 1. The van der Waals surface area contributed by atoms with E-state index < -0.39 is 5.97 Å². The van der Waals surface area contributed by atoms with Crippen LogP contribution in [0.25, 0.3) is 10.8 Å². The van der Waals surface area contributed by atoms with Crippen LogP contribution in [-0.2, 0) is 17.8 Å². The Labute approximate surface area is 159 Å². The van der Waals surface area contributed by atoms with Gasteiger partial charge < -0.3 is 15.2 Å². The average molecular weight is 363 g/mol. The van der Waals surface area contributed by atoms with Crippen molar-refractivity contribution in [2.75, 3.05) is 7.11 Å². The average Bonchev–Trinajstić information content (AvgIpc) is 2.70.